The fourth-order valence-corrected chi connectivity index (χ4v) is 3.01. The number of phenolic OH excluding ortho intramolecular Hbond substituents is 1. The minimum absolute atomic E-state index is 0.0253. The minimum atomic E-state index is -0.370. The molecule has 0 saturated carbocycles. The number of benzene rings is 1. The van der Waals surface area contributed by atoms with E-state index >= 15 is 0 Å². The van der Waals surface area contributed by atoms with E-state index in [-0.39, 0.29) is 28.1 Å². The topological polar surface area (TPSA) is 46.5 Å². The van der Waals surface area contributed by atoms with Gasteiger partial charge in [0.15, 0.2) is 0 Å². The highest BCUT2D eigenvalue weighted by molar-refractivity contribution is 5.78. The number of aromatic hydroxyl groups is 1. The zero-order valence-corrected chi connectivity index (χ0v) is 19.1. The maximum Gasteiger partial charge on any atom is 0.313 e. The van der Waals surface area contributed by atoms with Gasteiger partial charge < -0.3 is 9.84 Å². The van der Waals surface area contributed by atoms with Crippen molar-refractivity contribution >= 4 is 5.97 Å². The Morgan fingerprint density at radius 1 is 0.963 bits per heavy atom. The lowest BCUT2D eigenvalue weighted by atomic mass is 9.77. The molecule has 0 fully saturated rings. The summed E-state index contributed by atoms with van der Waals surface area (Å²) in [6, 6.07) is 3.94. The van der Waals surface area contributed by atoms with Crippen LogP contribution in [0.4, 0.5) is 0 Å². The molecule has 1 aromatic rings. The van der Waals surface area contributed by atoms with Gasteiger partial charge in [-0.1, -0.05) is 74.4 Å². The number of esters is 1. The van der Waals surface area contributed by atoms with Gasteiger partial charge in [0.2, 0.25) is 0 Å². The summed E-state index contributed by atoms with van der Waals surface area (Å²) in [6.45, 7) is 21.2. The molecule has 0 bridgehead atoms. The highest BCUT2D eigenvalue weighted by Gasteiger charge is 2.30. The summed E-state index contributed by atoms with van der Waals surface area (Å²) >= 11 is 0. The SMILES string of the molecule is CCC(C)(CC)COC(=O)C(C)c1cc(C(C)(C)C)c(O)c(C(C)(C)C)c1. The van der Waals surface area contributed by atoms with Crippen molar-refractivity contribution in [1.29, 1.82) is 0 Å². The number of phenols is 1. The summed E-state index contributed by atoms with van der Waals surface area (Å²) in [7, 11) is 0. The molecule has 27 heavy (non-hydrogen) atoms. The van der Waals surface area contributed by atoms with E-state index in [0.717, 1.165) is 29.5 Å². The first-order chi connectivity index (χ1) is 12.2. The van der Waals surface area contributed by atoms with Crippen LogP contribution < -0.4 is 0 Å². The molecule has 1 rings (SSSR count). The molecule has 1 aromatic carbocycles. The molecule has 1 N–H and O–H groups in total. The number of hydrogen-bond acceptors (Lipinski definition) is 3. The molecule has 0 radical (unpaired) electrons. The second-order valence-corrected chi connectivity index (χ2v) is 10.3. The molecule has 0 aliphatic heterocycles. The number of rotatable bonds is 6. The lowest BCUT2D eigenvalue weighted by Gasteiger charge is -2.30. The summed E-state index contributed by atoms with van der Waals surface area (Å²) in [5, 5.41) is 10.9. The maximum atomic E-state index is 12.7. The Bertz CT molecular complexity index is 620. The van der Waals surface area contributed by atoms with Crippen LogP contribution in [-0.4, -0.2) is 17.7 Å². The number of carbonyl (C=O) groups is 1. The van der Waals surface area contributed by atoms with Crippen molar-refractivity contribution in [2.45, 2.75) is 98.8 Å². The fourth-order valence-electron chi connectivity index (χ4n) is 3.01. The third kappa shape index (κ3) is 5.73. The van der Waals surface area contributed by atoms with Crippen LogP contribution in [0.25, 0.3) is 0 Å². The van der Waals surface area contributed by atoms with Crippen LogP contribution in [0.1, 0.15) is 105 Å². The van der Waals surface area contributed by atoms with E-state index in [2.05, 4.69) is 62.3 Å². The standard InChI is InChI=1S/C24H40O3/c1-11-24(10,12-2)15-27-21(26)16(3)17-13-18(22(4,5)6)20(25)19(14-17)23(7,8)9/h13-14,16,25H,11-12,15H2,1-10H3. The highest BCUT2D eigenvalue weighted by Crippen LogP contribution is 2.41. The van der Waals surface area contributed by atoms with Gasteiger partial charge in [0.05, 0.1) is 12.5 Å². The molecule has 154 valence electrons. The molecule has 0 spiro atoms. The van der Waals surface area contributed by atoms with Gasteiger partial charge in [-0.15, -0.1) is 0 Å². The number of hydrogen-bond donors (Lipinski definition) is 1. The van der Waals surface area contributed by atoms with Crippen molar-refractivity contribution in [3.8, 4) is 5.75 Å². The molecule has 0 aliphatic rings. The Morgan fingerprint density at radius 3 is 1.70 bits per heavy atom. The first-order valence-corrected chi connectivity index (χ1v) is 10.2. The largest absolute Gasteiger partial charge is 0.507 e. The van der Waals surface area contributed by atoms with Crippen LogP contribution in [0.5, 0.6) is 5.75 Å². The Hall–Kier alpha value is -1.51. The molecule has 0 amide bonds. The van der Waals surface area contributed by atoms with Crippen LogP contribution >= 0.6 is 0 Å². The number of carbonyl (C=O) groups excluding carboxylic acids is 1. The zero-order valence-electron chi connectivity index (χ0n) is 19.1. The van der Waals surface area contributed by atoms with E-state index < -0.39 is 0 Å². The maximum absolute atomic E-state index is 12.7. The van der Waals surface area contributed by atoms with E-state index in [9.17, 15) is 9.90 Å². The summed E-state index contributed by atoms with van der Waals surface area (Å²) < 4.78 is 5.68. The molecule has 0 aromatic heterocycles. The average molecular weight is 377 g/mol. The number of ether oxygens (including phenoxy) is 1. The Morgan fingerprint density at radius 2 is 1.37 bits per heavy atom. The highest BCUT2D eigenvalue weighted by atomic mass is 16.5. The first kappa shape index (κ1) is 23.5. The third-order valence-electron chi connectivity index (χ3n) is 5.87. The van der Waals surface area contributed by atoms with Crippen LogP contribution in [0.3, 0.4) is 0 Å². The van der Waals surface area contributed by atoms with Gasteiger partial charge in [-0.2, -0.15) is 0 Å². The van der Waals surface area contributed by atoms with Gasteiger partial charge >= 0.3 is 5.97 Å². The summed E-state index contributed by atoms with van der Waals surface area (Å²) in [5.74, 6) is -0.233. The van der Waals surface area contributed by atoms with Crippen molar-refractivity contribution in [3.63, 3.8) is 0 Å². The second-order valence-electron chi connectivity index (χ2n) is 10.3. The fraction of sp³-hybridized carbons (Fsp3) is 0.708. The van der Waals surface area contributed by atoms with E-state index in [1.165, 1.54) is 0 Å². The van der Waals surface area contributed by atoms with Crippen molar-refractivity contribution in [1.82, 2.24) is 0 Å². The third-order valence-corrected chi connectivity index (χ3v) is 5.87. The van der Waals surface area contributed by atoms with Crippen molar-refractivity contribution in [2.75, 3.05) is 6.61 Å². The van der Waals surface area contributed by atoms with Crippen LogP contribution in [0, 0.1) is 5.41 Å². The van der Waals surface area contributed by atoms with Crippen molar-refractivity contribution in [3.05, 3.63) is 28.8 Å². The monoisotopic (exact) mass is 376 g/mol. The molecular formula is C24H40O3. The normalized spacial score (nSPS) is 14.1. The van der Waals surface area contributed by atoms with E-state index in [0.29, 0.717) is 12.4 Å². The Kier molecular flexibility index (Phi) is 7.18. The summed E-state index contributed by atoms with van der Waals surface area (Å²) in [4.78, 5) is 12.7. The predicted octanol–water partition coefficient (Wildman–Crippen LogP) is 6.46. The molecular weight excluding hydrogens is 336 g/mol. The second kappa shape index (κ2) is 8.24. The minimum Gasteiger partial charge on any atom is -0.507 e. The Balaban J connectivity index is 3.26. The van der Waals surface area contributed by atoms with Gasteiger partial charge in [-0.3, -0.25) is 4.79 Å². The molecule has 0 saturated heterocycles. The molecule has 1 unspecified atom stereocenters. The van der Waals surface area contributed by atoms with Crippen molar-refractivity contribution in [2.24, 2.45) is 5.41 Å². The molecule has 1 atom stereocenters. The smallest absolute Gasteiger partial charge is 0.313 e. The molecule has 0 aliphatic carbocycles. The summed E-state index contributed by atoms with van der Waals surface area (Å²) in [6.07, 6.45) is 1.96. The van der Waals surface area contributed by atoms with E-state index in [1.807, 2.05) is 19.1 Å². The summed E-state index contributed by atoms with van der Waals surface area (Å²) in [5.41, 5.74) is 2.24. The van der Waals surface area contributed by atoms with E-state index in [4.69, 9.17) is 4.74 Å². The van der Waals surface area contributed by atoms with Crippen LogP contribution in [0.2, 0.25) is 0 Å². The predicted molar refractivity (Wildman–Crippen MR) is 114 cm³/mol. The van der Waals surface area contributed by atoms with Crippen LogP contribution in [0.15, 0.2) is 12.1 Å². The van der Waals surface area contributed by atoms with Gasteiger partial charge in [-0.05, 0) is 47.3 Å². The lowest BCUT2D eigenvalue weighted by molar-refractivity contribution is -0.148. The molecule has 3 heteroatoms. The Labute approximate surface area is 166 Å². The van der Waals surface area contributed by atoms with E-state index in [1.54, 1.807) is 0 Å². The average Bonchev–Trinajstić information content (AvgIpc) is 2.56. The first-order valence-electron chi connectivity index (χ1n) is 10.2. The van der Waals surface area contributed by atoms with Gasteiger partial charge in [0.1, 0.15) is 5.75 Å². The quantitative estimate of drug-likeness (QED) is 0.579. The van der Waals surface area contributed by atoms with Gasteiger partial charge in [0, 0.05) is 5.41 Å². The van der Waals surface area contributed by atoms with Crippen LogP contribution in [-0.2, 0) is 20.4 Å². The van der Waals surface area contributed by atoms with Gasteiger partial charge in [-0.25, -0.2) is 0 Å². The van der Waals surface area contributed by atoms with Gasteiger partial charge in [0.25, 0.3) is 0 Å². The van der Waals surface area contributed by atoms with Crippen molar-refractivity contribution < 1.29 is 14.6 Å². The zero-order chi connectivity index (χ0) is 21.2. The molecule has 3 nitrogen and oxygen atoms in total. The lowest BCUT2D eigenvalue weighted by Crippen LogP contribution is -2.26. The molecule has 0 heterocycles.